The van der Waals surface area contributed by atoms with E-state index >= 15 is 0 Å². The third-order valence-corrected chi connectivity index (χ3v) is 2.96. The summed E-state index contributed by atoms with van der Waals surface area (Å²) < 4.78 is 0. The summed E-state index contributed by atoms with van der Waals surface area (Å²) in [6.07, 6.45) is 0. The number of aromatic nitrogens is 2. The Hall–Kier alpha value is -2.47. The van der Waals surface area contributed by atoms with Crippen molar-refractivity contribution in [3.63, 3.8) is 0 Å². The lowest BCUT2D eigenvalue weighted by molar-refractivity contribution is 0.102. The van der Waals surface area contributed by atoms with E-state index in [2.05, 4.69) is 25.5 Å². The molecule has 6 nitrogen and oxygen atoms in total. The number of carbonyl (C=O) groups excluding carboxylic acids is 1. The average Bonchev–Trinajstić information content (AvgIpc) is 2.47. The lowest BCUT2D eigenvalue weighted by Crippen LogP contribution is -2.22. The van der Waals surface area contributed by atoms with Crippen molar-refractivity contribution in [2.24, 2.45) is 0 Å². The number of nitrogens with zero attached hydrogens (tertiary/aromatic N) is 3. The zero-order valence-corrected chi connectivity index (χ0v) is 13.1. The van der Waals surface area contributed by atoms with Crippen LogP contribution in [0.15, 0.2) is 36.4 Å². The summed E-state index contributed by atoms with van der Waals surface area (Å²) in [5.74, 6) is 0.229. The highest BCUT2D eigenvalue weighted by Crippen LogP contribution is 2.10. The lowest BCUT2D eigenvalue weighted by atomic mass is 10.3. The number of rotatable bonds is 6. The van der Waals surface area contributed by atoms with Crippen LogP contribution in [0.3, 0.4) is 0 Å². The summed E-state index contributed by atoms with van der Waals surface area (Å²) >= 11 is 0. The van der Waals surface area contributed by atoms with E-state index < -0.39 is 0 Å². The van der Waals surface area contributed by atoms with Gasteiger partial charge in [0.25, 0.3) is 5.91 Å². The Kier molecular flexibility index (Phi) is 5.43. The third-order valence-electron chi connectivity index (χ3n) is 2.96. The van der Waals surface area contributed by atoms with Crippen molar-refractivity contribution in [2.45, 2.75) is 6.92 Å². The highest BCUT2D eigenvalue weighted by molar-refractivity contribution is 6.03. The molecule has 0 spiro atoms. The quantitative estimate of drug-likeness (QED) is 0.854. The molecule has 0 atom stereocenters. The van der Waals surface area contributed by atoms with Gasteiger partial charge < -0.3 is 15.5 Å². The van der Waals surface area contributed by atoms with E-state index in [9.17, 15) is 4.79 Å². The van der Waals surface area contributed by atoms with Gasteiger partial charge >= 0.3 is 0 Å². The predicted octanol–water partition coefficient (Wildman–Crippen LogP) is 2.01. The number of benzene rings is 1. The first-order chi connectivity index (χ1) is 10.5. The Labute approximate surface area is 130 Å². The summed E-state index contributed by atoms with van der Waals surface area (Å²) in [5, 5.41) is 5.95. The fourth-order valence-electron chi connectivity index (χ4n) is 1.87. The molecular weight excluding hydrogens is 278 g/mol. The summed E-state index contributed by atoms with van der Waals surface area (Å²) in [4.78, 5) is 22.9. The normalized spacial score (nSPS) is 10.5. The Morgan fingerprint density at radius 2 is 1.91 bits per heavy atom. The van der Waals surface area contributed by atoms with Crippen molar-refractivity contribution < 1.29 is 4.79 Å². The largest absolute Gasteiger partial charge is 0.353 e. The highest BCUT2D eigenvalue weighted by Gasteiger charge is 2.10. The number of aryl methyl sites for hydroxylation is 1. The molecule has 0 bridgehead atoms. The molecule has 2 rings (SSSR count). The second-order valence-corrected chi connectivity index (χ2v) is 5.27. The standard InChI is InChI=1S/C16H21N5O/c1-12-11-14(15(22)19-13-7-5-4-6-8-13)20-16(18-12)17-9-10-21(2)3/h4-8,11H,9-10H2,1-3H3,(H,19,22)(H,17,18,20). The minimum atomic E-state index is -0.243. The number of anilines is 2. The van der Waals surface area contributed by atoms with Crippen molar-refractivity contribution in [1.29, 1.82) is 0 Å². The van der Waals surface area contributed by atoms with E-state index in [0.717, 1.165) is 24.5 Å². The Morgan fingerprint density at radius 1 is 1.18 bits per heavy atom. The van der Waals surface area contributed by atoms with Gasteiger partial charge in [0.15, 0.2) is 0 Å². The zero-order valence-electron chi connectivity index (χ0n) is 13.1. The molecule has 1 heterocycles. The van der Waals surface area contributed by atoms with E-state index in [0.29, 0.717) is 11.6 Å². The van der Waals surface area contributed by atoms with E-state index in [1.54, 1.807) is 6.07 Å². The van der Waals surface area contributed by atoms with E-state index in [4.69, 9.17) is 0 Å². The van der Waals surface area contributed by atoms with E-state index in [1.165, 1.54) is 0 Å². The first-order valence-electron chi connectivity index (χ1n) is 7.15. The van der Waals surface area contributed by atoms with Crippen LogP contribution >= 0.6 is 0 Å². The van der Waals surface area contributed by atoms with Crippen LogP contribution in [0.2, 0.25) is 0 Å². The number of hydrogen-bond acceptors (Lipinski definition) is 5. The maximum atomic E-state index is 12.3. The monoisotopic (exact) mass is 299 g/mol. The molecule has 0 radical (unpaired) electrons. The van der Waals surface area contributed by atoms with Crippen LogP contribution in [0, 0.1) is 6.92 Å². The van der Waals surface area contributed by atoms with Crippen molar-refractivity contribution in [3.8, 4) is 0 Å². The Morgan fingerprint density at radius 3 is 2.59 bits per heavy atom. The minimum Gasteiger partial charge on any atom is -0.353 e. The van der Waals surface area contributed by atoms with E-state index in [-0.39, 0.29) is 5.91 Å². The van der Waals surface area contributed by atoms with Gasteiger partial charge in [-0.2, -0.15) is 0 Å². The molecule has 0 aliphatic carbocycles. The first-order valence-corrected chi connectivity index (χ1v) is 7.15. The highest BCUT2D eigenvalue weighted by atomic mass is 16.1. The fraction of sp³-hybridized carbons (Fsp3) is 0.312. The molecule has 0 saturated heterocycles. The van der Waals surface area contributed by atoms with Crippen molar-refractivity contribution >= 4 is 17.5 Å². The van der Waals surface area contributed by atoms with Gasteiger partial charge in [0.05, 0.1) is 0 Å². The molecule has 6 heteroatoms. The summed E-state index contributed by atoms with van der Waals surface area (Å²) in [6, 6.07) is 11.0. The first kappa shape index (κ1) is 15.9. The zero-order chi connectivity index (χ0) is 15.9. The van der Waals surface area contributed by atoms with Crippen LogP contribution in [0.5, 0.6) is 0 Å². The molecule has 116 valence electrons. The van der Waals surface area contributed by atoms with E-state index in [1.807, 2.05) is 51.4 Å². The minimum absolute atomic E-state index is 0.243. The summed E-state index contributed by atoms with van der Waals surface area (Å²) in [6.45, 7) is 3.43. The van der Waals surface area contributed by atoms with Gasteiger partial charge in [-0.1, -0.05) is 18.2 Å². The van der Waals surface area contributed by atoms with Gasteiger partial charge in [-0.3, -0.25) is 4.79 Å². The Bertz CT molecular complexity index is 628. The SMILES string of the molecule is Cc1cc(C(=O)Nc2ccccc2)nc(NCCN(C)C)n1. The van der Waals surface area contributed by atoms with Crippen LogP contribution in [0.4, 0.5) is 11.6 Å². The lowest BCUT2D eigenvalue weighted by Gasteiger charge is -2.11. The number of para-hydroxylation sites is 1. The molecule has 0 fully saturated rings. The molecule has 1 aromatic carbocycles. The van der Waals surface area contributed by atoms with Gasteiger partial charge in [-0.25, -0.2) is 9.97 Å². The summed E-state index contributed by atoms with van der Waals surface area (Å²) in [7, 11) is 4.00. The molecular formula is C16H21N5O. The van der Waals surface area contributed by atoms with Gasteiger partial charge in [0.1, 0.15) is 5.69 Å². The molecule has 2 N–H and O–H groups in total. The number of likely N-dealkylation sites (N-methyl/N-ethyl adjacent to an activating group) is 1. The number of hydrogen-bond donors (Lipinski definition) is 2. The van der Waals surface area contributed by atoms with Crippen LogP contribution in [-0.2, 0) is 0 Å². The molecule has 0 saturated carbocycles. The maximum Gasteiger partial charge on any atom is 0.274 e. The molecule has 2 aromatic rings. The van der Waals surface area contributed by atoms with Crippen molar-refractivity contribution in [1.82, 2.24) is 14.9 Å². The Balaban J connectivity index is 2.06. The van der Waals surface area contributed by atoms with Gasteiger partial charge in [-0.05, 0) is 39.2 Å². The van der Waals surface area contributed by atoms with Crippen LogP contribution in [0.25, 0.3) is 0 Å². The maximum absolute atomic E-state index is 12.3. The van der Waals surface area contributed by atoms with Gasteiger partial charge in [-0.15, -0.1) is 0 Å². The molecule has 22 heavy (non-hydrogen) atoms. The number of nitrogens with one attached hydrogen (secondary N) is 2. The molecule has 1 amide bonds. The van der Waals surface area contributed by atoms with Crippen LogP contribution in [0.1, 0.15) is 16.2 Å². The van der Waals surface area contributed by atoms with Crippen LogP contribution in [-0.4, -0.2) is 48.0 Å². The fourth-order valence-corrected chi connectivity index (χ4v) is 1.87. The van der Waals surface area contributed by atoms with Gasteiger partial charge in [0, 0.05) is 24.5 Å². The topological polar surface area (TPSA) is 70.2 Å². The molecule has 0 aliphatic heterocycles. The van der Waals surface area contributed by atoms with Gasteiger partial charge in [0.2, 0.25) is 5.95 Å². The van der Waals surface area contributed by atoms with Crippen molar-refractivity contribution in [2.75, 3.05) is 37.8 Å². The second-order valence-electron chi connectivity index (χ2n) is 5.27. The average molecular weight is 299 g/mol. The predicted molar refractivity (Wildman–Crippen MR) is 88.2 cm³/mol. The smallest absolute Gasteiger partial charge is 0.274 e. The number of amides is 1. The summed E-state index contributed by atoms with van der Waals surface area (Å²) in [5.41, 5.74) is 1.84. The number of carbonyl (C=O) groups is 1. The third kappa shape index (κ3) is 4.82. The molecule has 0 aliphatic rings. The second kappa shape index (κ2) is 7.51. The van der Waals surface area contributed by atoms with Crippen molar-refractivity contribution in [3.05, 3.63) is 47.8 Å². The van der Waals surface area contributed by atoms with Crippen LogP contribution < -0.4 is 10.6 Å². The molecule has 0 unspecified atom stereocenters. The molecule has 1 aromatic heterocycles.